The Hall–Kier alpha value is -7.59. The predicted octanol–water partition coefficient (Wildman–Crippen LogP) is 13.0. The molecule has 5 nitrogen and oxygen atoms in total. The Kier molecular flexibility index (Phi) is 6.43. The standard InChI is InChI=1S/C55H32NO4P/c57-61(34-14-2-1-3-15-34)53-25-13-8-20-43(53)55(44-29-39-36-17-5-10-22-47(36)59-51(39)32-54(44)61)41-19-7-12-24-49(41)60-52-28-33(26-27-42(52)55)56-45-21-9-4-16-35(45)38-31-50-40(30-46(38)56)37-18-6-11-23-48(37)58-50/h1-32H. The lowest BCUT2D eigenvalue weighted by Gasteiger charge is -2.47. The maximum atomic E-state index is 16.5. The summed E-state index contributed by atoms with van der Waals surface area (Å²) >= 11 is 0. The van der Waals surface area contributed by atoms with Gasteiger partial charge in [0.15, 0.2) is 7.14 Å². The molecule has 0 saturated carbocycles. The highest BCUT2D eigenvalue weighted by molar-refractivity contribution is 7.85. The zero-order valence-corrected chi connectivity index (χ0v) is 33.4. The number of ether oxygens (including phenoxy) is 1. The van der Waals surface area contributed by atoms with Gasteiger partial charge in [0, 0.05) is 71.1 Å². The molecule has 2 aliphatic rings. The Morgan fingerprint density at radius 3 is 1.82 bits per heavy atom. The Morgan fingerprint density at radius 2 is 1.02 bits per heavy atom. The summed E-state index contributed by atoms with van der Waals surface area (Å²) in [6.45, 7) is 0. The van der Waals surface area contributed by atoms with Gasteiger partial charge in [0.1, 0.15) is 33.8 Å². The van der Waals surface area contributed by atoms with Crippen molar-refractivity contribution in [2.75, 3.05) is 0 Å². The van der Waals surface area contributed by atoms with Gasteiger partial charge in [-0.15, -0.1) is 0 Å². The third kappa shape index (κ3) is 4.18. The summed E-state index contributed by atoms with van der Waals surface area (Å²) in [5.74, 6) is 1.50. The topological polar surface area (TPSA) is 57.5 Å². The first kappa shape index (κ1) is 33.3. The predicted molar refractivity (Wildman–Crippen MR) is 247 cm³/mol. The van der Waals surface area contributed by atoms with E-state index in [1.807, 2.05) is 72.8 Å². The second kappa shape index (κ2) is 11.8. The molecule has 61 heavy (non-hydrogen) atoms. The largest absolute Gasteiger partial charge is 0.457 e. The van der Waals surface area contributed by atoms with Gasteiger partial charge in [-0.3, -0.25) is 0 Å². The van der Waals surface area contributed by atoms with Crippen LogP contribution in [0.2, 0.25) is 0 Å². The summed E-state index contributed by atoms with van der Waals surface area (Å²) in [5.41, 5.74) is 9.44. The van der Waals surface area contributed by atoms with Crippen LogP contribution in [0, 0.1) is 0 Å². The summed E-state index contributed by atoms with van der Waals surface area (Å²) in [6, 6.07) is 67.0. The highest BCUT2D eigenvalue weighted by atomic mass is 31.2. The molecular formula is C55H32NO4P. The van der Waals surface area contributed by atoms with Crippen molar-refractivity contribution in [3.05, 3.63) is 216 Å². The third-order valence-corrected chi connectivity index (χ3v) is 16.5. The van der Waals surface area contributed by atoms with Crippen molar-refractivity contribution in [1.82, 2.24) is 4.57 Å². The average Bonchev–Trinajstić information content (AvgIpc) is 3.98. The number of benzene rings is 9. The van der Waals surface area contributed by atoms with Gasteiger partial charge in [-0.1, -0.05) is 133 Å². The van der Waals surface area contributed by atoms with Crippen molar-refractivity contribution < 1.29 is 18.1 Å². The fraction of sp³-hybridized carbons (Fsp3) is 0.0182. The van der Waals surface area contributed by atoms with Crippen LogP contribution in [0.25, 0.3) is 71.4 Å². The molecule has 0 saturated heterocycles. The minimum absolute atomic E-state index is 0.715. The molecule has 2 unspecified atom stereocenters. The fourth-order valence-corrected chi connectivity index (χ4v) is 14.0. The normalized spacial score (nSPS) is 17.8. The Labute approximate surface area is 349 Å². The smallest absolute Gasteiger partial charge is 0.171 e. The van der Waals surface area contributed by atoms with Crippen LogP contribution in [0.1, 0.15) is 22.3 Å². The second-order valence-corrected chi connectivity index (χ2v) is 19.0. The summed E-state index contributed by atoms with van der Waals surface area (Å²) < 4.78 is 38.9. The van der Waals surface area contributed by atoms with E-state index < -0.39 is 12.6 Å². The van der Waals surface area contributed by atoms with Crippen molar-refractivity contribution in [3.8, 4) is 17.2 Å². The maximum Gasteiger partial charge on any atom is 0.171 e. The lowest BCUT2D eigenvalue weighted by Crippen LogP contribution is -2.48. The molecule has 6 heteroatoms. The van der Waals surface area contributed by atoms with Crippen molar-refractivity contribution in [1.29, 1.82) is 0 Å². The summed E-state index contributed by atoms with van der Waals surface area (Å²) in [7, 11) is -3.46. The molecule has 0 radical (unpaired) electrons. The first-order valence-electron chi connectivity index (χ1n) is 20.6. The summed E-state index contributed by atoms with van der Waals surface area (Å²) in [4.78, 5) is 0. The Balaban J connectivity index is 1.10. The van der Waals surface area contributed by atoms with E-state index in [2.05, 4.69) is 126 Å². The highest BCUT2D eigenvalue weighted by Gasteiger charge is 2.55. The van der Waals surface area contributed by atoms with Crippen molar-refractivity contribution in [2.24, 2.45) is 0 Å². The van der Waals surface area contributed by atoms with Crippen LogP contribution in [0.5, 0.6) is 11.5 Å². The molecule has 14 rings (SSSR count). The maximum absolute atomic E-state index is 16.5. The molecule has 0 amide bonds. The van der Waals surface area contributed by atoms with Crippen LogP contribution in [0.4, 0.5) is 0 Å². The van der Waals surface area contributed by atoms with E-state index in [9.17, 15) is 0 Å². The van der Waals surface area contributed by atoms with E-state index in [4.69, 9.17) is 13.6 Å². The zero-order chi connectivity index (χ0) is 40.0. The monoisotopic (exact) mass is 801 g/mol. The first-order chi connectivity index (χ1) is 30.1. The van der Waals surface area contributed by atoms with E-state index in [0.717, 1.165) is 115 Å². The molecular weight excluding hydrogens is 770 g/mol. The molecule has 2 aliphatic heterocycles. The van der Waals surface area contributed by atoms with Crippen LogP contribution in [0.15, 0.2) is 203 Å². The SMILES string of the molecule is O=P1(c2ccccc2)c2ccccc2C2(c3ccccc3Oc3cc(-n4c5ccccc5c5cc6oc7ccccc7c6cc54)ccc32)c2cc3c(cc21)oc1ccccc13. The number of para-hydroxylation sites is 4. The molecule has 12 aromatic rings. The zero-order valence-electron chi connectivity index (χ0n) is 32.5. The summed E-state index contributed by atoms with van der Waals surface area (Å²) in [5, 5.41) is 8.80. The molecule has 1 spiro atoms. The van der Waals surface area contributed by atoms with Crippen LogP contribution >= 0.6 is 7.14 Å². The van der Waals surface area contributed by atoms with Crippen molar-refractivity contribution >= 4 is 88.7 Å². The Morgan fingerprint density at radius 1 is 0.393 bits per heavy atom. The molecule has 0 N–H and O–H groups in total. The van der Waals surface area contributed by atoms with Gasteiger partial charge in [-0.05, 0) is 65.7 Å². The minimum atomic E-state index is -3.46. The molecule has 3 aromatic heterocycles. The molecule has 286 valence electrons. The Bertz CT molecular complexity index is 3910. The number of nitrogens with zero attached hydrogens (tertiary/aromatic N) is 1. The van der Waals surface area contributed by atoms with Crippen LogP contribution in [-0.2, 0) is 9.98 Å². The number of aromatic nitrogens is 1. The highest BCUT2D eigenvalue weighted by Crippen LogP contribution is 2.62. The number of rotatable bonds is 2. The summed E-state index contributed by atoms with van der Waals surface area (Å²) in [6.07, 6.45) is 0. The molecule has 2 atom stereocenters. The van der Waals surface area contributed by atoms with E-state index in [0.29, 0.717) is 5.58 Å². The van der Waals surface area contributed by atoms with E-state index in [1.165, 1.54) is 0 Å². The van der Waals surface area contributed by atoms with Crippen molar-refractivity contribution in [2.45, 2.75) is 5.41 Å². The van der Waals surface area contributed by atoms with E-state index in [1.54, 1.807) is 0 Å². The minimum Gasteiger partial charge on any atom is -0.457 e. The van der Waals surface area contributed by atoms with Crippen LogP contribution in [-0.4, -0.2) is 4.57 Å². The van der Waals surface area contributed by atoms with Crippen LogP contribution < -0.4 is 20.7 Å². The van der Waals surface area contributed by atoms with Gasteiger partial charge < -0.3 is 22.7 Å². The molecule has 5 heterocycles. The number of hydrogen-bond acceptors (Lipinski definition) is 4. The third-order valence-electron chi connectivity index (χ3n) is 13.3. The van der Waals surface area contributed by atoms with E-state index in [-0.39, 0.29) is 0 Å². The lowest BCUT2D eigenvalue weighted by molar-refractivity contribution is 0.435. The molecule has 9 aromatic carbocycles. The van der Waals surface area contributed by atoms with E-state index >= 15 is 4.57 Å². The molecule has 0 fully saturated rings. The second-order valence-electron chi connectivity index (χ2n) is 16.3. The number of hydrogen-bond donors (Lipinski definition) is 0. The van der Waals surface area contributed by atoms with Gasteiger partial charge in [0.25, 0.3) is 0 Å². The quantitative estimate of drug-likeness (QED) is 0.163. The molecule has 0 aliphatic carbocycles. The van der Waals surface area contributed by atoms with Gasteiger partial charge in [-0.25, -0.2) is 0 Å². The molecule has 0 bridgehead atoms. The first-order valence-corrected chi connectivity index (χ1v) is 22.3. The van der Waals surface area contributed by atoms with Gasteiger partial charge in [0.2, 0.25) is 0 Å². The van der Waals surface area contributed by atoms with Gasteiger partial charge in [-0.2, -0.15) is 0 Å². The van der Waals surface area contributed by atoms with Crippen LogP contribution in [0.3, 0.4) is 0 Å². The van der Waals surface area contributed by atoms with Crippen molar-refractivity contribution in [3.63, 3.8) is 0 Å². The van der Waals surface area contributed by atoms with Gasteiger partial charge in [0.05, 0.1) is 16.4 Å². The lowest BCUT2D eigenvalue weighted by atomic mass is 9.63. The average molecular weight is 802 g/mol. The fourth-order valence-electron chi connectivity index (χ4n) is 10.8. The number of fused-ring (bicyclic) bond motifs is 17. The number of furan rings is 2. The van der Waals surface area contributed by atoms with Gasteiger partial charge >= 0.3 is 0 Å².